The molecule has 0 aliphatic carbocycles. The van der Waals surface area contributed by atoms with Crippen molar-refractivity contribution in [2.24, 2.45) is 4.99 Å². The van der Waals surface area contributed by atoms with Crippen LogP contribution in [0.2, 0.25) is 0 Å². The third-order valence-corrected chi connectivity index (χ3v) is 2.77. The second-order valence-corrected chi connectivity index (χ2v) is 5.93. The fraction of sp³-hybridized carbons (Fsp3) is 0.500. The first-order valence-corrected chi connectivity index (χ1v) is 7.22. The van der Waals surface area contributed by atoms with Crippen LogP contribution in [-0.2, 0) is 11.3 Å². The van der Waals surface area contributed by atoms with Crippen molar-refractivity contribution < 1.29 is 9.53 Å². The van der Waals surface area contributed by atoms with Gasteiger partial charge < -0.3 is 20.7 Å². The van der Waals surface area contributed by atoms with E-state index in [-0.39, 0.29) is 18.0 Å². The van der Waals surface area contributed by atoms with Crippen molar-refractivity contribution >= 4 is 11.9 Å². The molecule has 1 aromatic carbocycles. The fourth-order valence-corrected chi connectivity index (χ4v) is 1.78. The highest BCUT2D eigenvalue weighted by Gasteiger charge is 2.13. The maximum atomic E-state index is 11.8. The summed E-state index contributed by atoms with van der Waals surface area (Å²) in [6.07, 6.45) is 0. The Morgan fingerprint density at radius 1 is 1.18 bits per heavy atom. The lowest BCUT2D eigenvalue weighted by Gasteiger charge is -2.21. The minimum atomic E-state index is -0.237. The topological polar surface area (TPSA) is 74.8 Å². The van der Waals surface area contributed by atoms with Gasteiger partial charge in [0.05, 0.1) is 13.7 Å². The van der Waals surface area contributed by atoms with Gasteiger partial charge in [0.15, 0.2) is 5.96 Å². The molecule has 1 amide bonds. The van der Waals surface area contributed by atoms with Crippen LogP contribution in [0.25, 0.3) is 0 Å². The van der Waals surface area contributed by atoms with Crippen molar-refractivity contribution in [1.82, 2.24) is 16.0 Å². The Bertz CT molecular complexity index is 504. The number of benzene rings is 1. The molecule has 0 heterocycles. The van der Waals surface area contributed by atoms with Crippen LogP contribution < -0.4 is 20.7 Å². The molecule has 0 unspecified atom stereocenters. The van der Waals surface area contributed by atoms with E-state index in [4.69, 9.17) is 4.74 Å². The van der Waals surface area contributed by atoms with Gasteiger partial charge in [0.2, 0.25) is 5.91 Å². The lowest BCUT2D eigenvalue weighted by atomic mass is 10.1. The molecular weight excluding hydrogens is 280 g/mol. The maximum Gasteiger partial charge on any atom is 0.239 e. The first-order valence-electron chi connectivity index (χ1n) is 7.22. The first-order chi connectivity index (χ1) is 10.3. The summed E-state index contributed by atoms with van der Waals surface area (Å²) in [5.41, 5.74) is 0.863. The average Bonchev–Trinajstić information content (AvgIpc) is 2.46. The minimum Gasteiger partial charge on any atom is -0.497 e. The standard InChI is InChI=1S/C16H26N4O2/c1-16(2,3)20-14(21)11-19-15(17-4)18-10-12-6-8-13(22-5)9-7-12/h6-9H,10-11H2,1-5H3,(H,20,21)(H2,17,18,19). The zero-order valence-corrected chi connectivity index (χ0v) is 14.0. The molecule has 6 heteroatoms. The van der Waals surface area contributed by atoms with Crippen molar-refractivity contribution in [2.75, 3.05) is 20.7 Å². The SMILES string of the molecule is CN=C(NCC(=O)NC(C)(C)C)NCc1ccc(OC)cc1. The normalized spacial score (nSPS) is 11.8. The predicted octanol–water partition coefficient (Wildman–Crippen LogP) is 1.27. The Labute approximate surface area is 132 Å². The Hall–Kier alpha value is -2.24. The van der Waals surface area contributed by atoms with Gasteiger partial charge in [-0.25, -0.2) is 0 Å². The number of amides is 1. The number of hydrogen-bond acceptors (Lipinski definition) is 3. The van der Waals surface area contributed by atoms with Gasteiger partial charge in [0.25, 0.3) is 0 Å². The van der Waals surface area contributed by atoms with Gasteiger partial charge in [0, 0.05) is 19.1 Å². The van der Waals surface area contributed by atoms with Crippen molar-refractivity contribution in [3.8, 4) is 5.75 Å². The summed E-state index contributed by atoms with van der Waals surface area (Å²) in [5, 5.41) is 9.03. The van der Waals surface area contributed by atoms with E-state index in [1.54, 1.807) is 14.2 Å². The van der Waals surface area contributed by atoms with Crippen LogP contribution in [0, 0.1) is 0 Å². The largest absolute Gasteiger partial charge is 0.497 e. The second kappa shape index (κ2) is 8.26. The number of carbonyl (C=O) groups is 1. The summed E-state index contributed by atoms with van der Waals surface area (Å²) < 4.78 is 5.12. The summed E-state index contributed by atoms with van der Waals surface area (Å²) in [6, 6.07) is 7.77. The van der Waals surface area contributed by atoms with Crippen LogP contribution in [0.15, 0.2) is 29.3 Å². The highest BCUT2D eigenvalue weighted by Crippen LogP contribution is 2.10. The van der Waals surface area contributed by atoms with Crippen LogP contribution in [-0.4, -0.2) is 38.1 Å². The molecule has 0 aliphatic heterocycles. The number of nitrogens with zero attached hydrogens (tertiary/aromatic N) is 1. The van der Waals surface area contributed by atoms with Gasteiger partial charge in [-0.3, -0.25) is 9.79 Å². The van der Waals surface area contributed by atoms with E-state index in [2.05, 4.69) is 20.9 Å². The molecule has 0 saturated carbocycles. The molecule has 1 rings (SSSR count). The van der Waals surface area contributed by atoms with Crippen molar-refractivity contribution in [2.45, 2.75) is 32.9 Å². The van der Waals surface area contributed by atoms with Gasteiger partial charge in [-0.1, -0.05) is 12.1 Å². The number of ether oxygens (including phenoxy) is 1. The highest BCUT2D eigenvalue weighted by molar-refractivity contribution is 5.86. The Morgan fingerprint density at radius 2 is 1.82 bits per heavy atom. The smallest absolute Gasteiger partial charge is 0.239 e. The first kappa shape index (κ1) is 17.8. The van der Waals surface area contributed by atoms with E-state index in [0.717, 1.165) is 11.3 Å². The summed E-state index contributed by atoms with van der Waals surface area (Å²) in [6.45, 7) is 6.63. The third-order valence-electron chi connectivity index (χ3n) is 2.77. The van der Waals surface area contributed by atoms with E-state index in [0.29, 0.717) is 12.5 Å². The molecule has 0 atom stereocenters. The summed E-state index contributed by atoms with van der Waals surface area (Å²) >= 11 is 0. The predicted molar refractivity (Wildman–Crippen MR) is 89.1 cm³/mol. The summed E-state index contributed by atoms with van der Waals surface area (Å²) in [4.78, 5) is 15.8. The Kier molecular flexibility index (Phi) is 6.69. The molecule has 0 bridgehead atoms. The van der Waals surface area contributed by atoms with E-state index in [9.17, 15) is 4.79 Å². The summed E-state index contributed by atoms with van der Waals surface area (Å²) in [5.74, 6) is 1.34. The van der Waals surface area contributed by atoms with Gasteiger partial charge in [-0.05, 0) is 38.5 Å². The lowest BCUT2D eigenvalue weighted by molar-refractivity contribution is -0.121. The molecule has 6 nitrogen and oxygen atoms in total. The maximum absolute atomic E-state index is 11.8. The number of carbonyl (C=O) groups excluding carboxylic acids is 1. The number of hydrogen-bond donors (Lipinski definition) is 3. The molecule has 0 fully saturated rings. The van der Waals surface area contributed by atoms with E-state index in [1.807, 2.05) is 45.0 Å². The third kappa shape index (κ3) is 6.97. The zero-order chi connectivity index (χ0) is 16.6. The van der Waals surface area contributed by atoms with Crippen LogP contribution in [0.5, 0.6) is 5.75 Å². The van der Waals surface area contributed by atoms with Crippen LogP contribution in [0.1, 0.15) is 26.3 Å². The Morgan fingerprint density at radius 3 is 2.32 bits per heavy atom. The van der Waals surface area contributed by atoms with Crippen molar-refractivity contribution in [1.29, 1.82) is 0 Å². The molecule has 0 saturated heterocycles. The molecule has 0 radical (unpaired) electrons. The number of guanidine groups is 1. The molecule has 122 valence electrons. The Balaban J connectivity index is 2.40. The number of nitrogens with one attached hydrogen (secondary N) is 3. The van der Waals surface area contributed by atoms with Gasteiger partial charge in [-0.2, -0.15) is 0 Å². The van der Waals surface area contributed by atoms with Crippen LogP contribution in [0.3, 0.4) is 0 Å². The molecule has 22 heavy (non-hydrogen) atoms. The molecule has 1 aromatic rings. The quantitative estimate of drug-likeness (QED) is 0.566. The van der Waals surface area contributed by atoms with Gasteiger partial charge >= 0.3 is 0 Å². The molecule has 0 spiro atoms. The molecular formula is C16H26N4O2. The summed E-state index contributed by atoms with van der Waals surface area (Å²) in [7, 11) is 3.31. The number of methoxy groups -OCH3 is 1. The van der Waals surface area contributed by atoms with Crippen LogP contribution >= 0.6 is 0 Å². The minimum absolute atomic E-state index is 0.0695. The van der Waals surface area contributed by atoms with Gasteiger partial charge in [0.1, 0.15) is 5.75 Å². The van der Waals surface area contributed by atoms with E-state index in [1.165, 1.54) is 0 Å². The highest BCUT2D eigenvalue weighted by atomic mass is 16.5. The second-order valence-electron chi connectivity index (χ2n) is 5.93. The molecule has 0 aromatic heterocycles. The van der Waals surface area contributed by atoms with Crippen molar-refractivity contribution in [3.05, 3.63) is 29.8 Å². The van der Waals surface area contributed by atoms with Gasteiger partial charge in [-0.15, -0.1) is 0 Å². The van der Waals surface area contributed by atoms with E-state index >= 15 is 0 Å². The average molecular weight is 306 g/mol. The fourth-order valence-electron chi connectivity index (χ4n) is 1.78. The van der Waals surface area contributed by atoms with Crippen LogP contribution in [0.4, 0.5) is 0 Å². The molecule has 3 N–H and O–H groups in total. The monoisotopic (exact) mass is 306 g/mol. The number of rotatable bonds is 5. The lowest BCUT2D eigenvalue weighted by Crippen LogP contribution is -2.48. The van der Waals surface area contributed by atoms with E-state index < -0.39 is 0 Å². The van der Waals surface area contributed by atoms with Crippen molar-refractivity contribution in [3.63, 3.8) is 0 Å². The zero-order valence-electron chi connectivity index (χ0n) is 14.0. The number of aliphatic imine (C=N–C) groups is 1. The molecule has 0 aliphatic rings.